The van der Waals surface area contributed by atoms with E-state index in [2.05, 4.69) is 28.8 Å². The second-order valence-electron chi connectivity index (χ2n) is 8.87. The van der Waals surface area contributed by atoms with Crippen LogP contribution in [0.2, 0.25) is 0 Å². The van der Waals surface area contributed by atoms with Gasteiger partial charge in [0.15, 0.2) is 0 Å². The van der Waals surface area contributed by atoms with Crippen LogP contribution in [0.5, 0.6) is 5.75 Å². The van der Waals surface area contributed by atoms with Crippen molar-refractivity contribution in [1.82, 2.24) is 0 Å². The Morgan fingerprint density at radius 3 is 2.20 bits per heavy atom. The van der Waals surface area contributed by atoms with E-state index in [1.54, 1.807) is 6.07 Å². The van der Waals surface area contributed by atoms with Crippen molar-refractivity contribution >= 4 is 50.5 Å². The maximum atomic E-state index is 13.4. The lowest BCUT2D eigenvalue weighted by molar-refractivity contribution is -0.539. The van der Waals surface area contributed by atoms with Gasteiger partial charge in [0.2, 0.25) is 22.5 Å². The Balaban J connectivity index is 1.59. The molecule has 6 aromatic rings. The largest absolute Gasteiger partial charge is 0.507 e. The van der Waals surface area contributed by atoms with Crippen molar-refractivity contribution in [3.63, 3.8) is 0 Å². The molecule has 0 aliphatic carbocycles. The van der Waals surface area contributed by atoms with Crippen LogP contribution < -0.4 is 4.57 Å². The van der Waals surface area contributed by atoms with E-state index in [0.717, 1.165) is 49.4 Å². The number of phenolic OH excluding ortho intramolecular Hbond substituents is 1. The molecule has 0 fully saturated rings. The molecule has 2 heterocycles. The number of phenols is 1. The van der Waals surface area contributed by atoms with Gasteiger partial charge in [-0.25, -0.2) is 0 Å². The summed E-state index contributed by atoms with van der Waals surface area (Å²) in [6.07, 6.45) is 4.05. The molecule has 1 aromatic heterocycles. The lowest BCUT2D eigenvalue weighted by atomic mass is 9.91. The van der Waals surface area contributed by atoms with Crippen LogP contribution >= 0.6 is 0 Å². The highest BCUT2D eigenvalue weighted by Gasteiger charge is 2.34. The van der Waals surface area contributed by atoms with Crippen LogP contribution in [0, 0.1) is 0 Å². The van der Waals surface area contributed by atoms with Crippen molar-refractivity contribution < 1.29 is 14.5 Å². The first-order chi connectivity index (χ1) is 17.2. The molecule has 164 valence electrons. The van der Waals surface area contributed by atoms with Crippen molar-refractivity contribution in [2.75, 3.05) is 0 Å². The van der Waals surface area contributed by atoms with E-state index in [1.165, 1.54) is 0 Å². The number of carbonyl (C=O) groups excluding carboxylic acids is 1. The van der Waals surface area contributed by atoms with Gasteiger partial charge in [-0.05, 0) is 47.2 Å². The van der Waals surface area contributed by atoms with Gasteiger partial charge < -0.3 is 5.11 Å². The number of aromatic nitrogens is 1. The quantitative estimate of drug-likeness (QED) is 0.231. The molecule has 0 amide bonds. The number of benzene rings is 5. The van der Waals surface area contributed by atoms with Gasteiger partial charge in [-0.2, -0.15) is 4.57 Å². The van der Waals surface area contributed by atoms with E-state index in [0.29, 0.717) is 11.1 Å². The lowest BCUT2D eigenvalue weighted by Crippen LogP contribution is -2.39. The monoisotopic (exact) mass is 450 g/mol. The molecule has 35 heavy (non-hydrogen) atoms. The Kier molecular flexibility index (Phi) is 4.15. The van der Waals surface area contributed by atoms with Crippen LogP contribution in [-0.2, 0) is 0 Å². The molecule has 0 unspecified atom stereocenters. The number of rotatable bonds is 2. The minimum absolute atomic E-state index is 0.0445. The summed E-state index contributed by atoms with van der Waals surface area (Å²) in [7, 11) is 0. The molecule has 0 bridgehead atoms. The minimum Gasteiger partial charge on any atom is -0.507 e. The van der Waals surface area contributed by atoms with E-state index >= 15 is 0 Å². The van der Waals surface area contributed by atoms with E-state index in [1.807, 2.05) is 84.9 Å². The van der Waals surface area contributed by atoms with E-state index in [4.69, 9.17) is 0 Å². The number of hydrogen-bond acceptors (Lipinski definition) is 2. The first-order valence-corrected chi connectivity index (χ1v) is 11.6. The minimum atomic E-state index is 0.0445. The van der Waals surface area contributed by atoms with E-state index in [-0.39, 0.29) is 11.5 Å². The summed E-state index contributed by atoms with van der Waals surface area (Å²) < 4.78 is 2.21. The summed E-state index contributed by atoms with van der Waals surface area (Å²) in [5.74, 6) is 0.286. The van der Waals surface area contributed by atoms with Gasteiger partial charge in [-0.15, -0.1) is 0 Å². The third-order valence-electron chi connectivity index (χ3n) is 6.98. The highest BCUT2D eigenvalue weighted by Crippen LogP contribution is 2.35. The maximum absolute atomic E-state index is 13.4. The maximum Gasteiger partial charge on any atom is 0.230 e. The van der Waals surface area contributed by atoms with Crippen LogP contribution in [0.25, 0.3) is 50.4 Å². The molecule has 0 saturated carbocycles. The number of para-hydroxylation sites is 3. The smallest absolute Gasteiger partial charge is 0.230 e. The number of ketones is 1. The lowest BCUT2D eigenvalue weighted by Gasteiger charge is -2.17. The normalized spacial score (nSPS) is 12.6. The number of fused-ring (bicyclic) bond motifs is 5. The molecule has 0 spiro atoms. The van der Waals surface area contributed by atoms with Crippen LogP contribution in [0.15, 0.2) is 103 Å². The van der Waals surface area contributed by atoms with Gasteiger partial charge in [0.05, 0.1) is 21.9 Å². The molecule has 1 aliphatic heterocycles. The highest BCUT2D eigenvalue weighted by atomic mass is 16.3. The standard InChI is InChI=1S/C32H19NO2/c34-30-19-16-20-8-1-2-9-21(20)24(30)18-17-22-23-10-3-5-14-28(23)33-29-15-6-4-11-26(29)32(35)27-13-7-12-25(22)31(27)33/h1-19H/p+1. The SMILES string of the molecule is O=C1c2ccccc2-[n+]2c3ccccc3c(C=Cc3c(O)ccc4ccccc34)c3cccc1c32. The Morgan fingerprint density at radius 2 is 1.29 bits per heavy atom. The van der Waals surface area contributed by atoms with Crippen molar-refractivity contribution in [3.8, 4) is 11.4 Å². The summed E-state index contributed by atoms with van der Waals surface area (Å²) in [4.78, 5) is 13.4. The van der Waals surface area contributed by atoms with Gasteiger partial charge in [-0.3, -0.25) is 4.79 Å². The van der Waals surface area contributed by atoms with Crippen LogP contribution in [0.4, 0.5) is 0 Å². The third-order valence-corrected chi connectivity index (χ3v) is 6.98. The van der Waals surface area contributed by atoms with Crippen molar-refractivity contribution in [1.29, 1.82) is 0 Å². The molecule has 0 atom stereocenters. The second-order valence-corrected chi connectivity index (χ2v) is 8.87. The summed E-state index contributed by atoms with van der Waals surface area (Å²) in [5, 5.41) is 14.8. The number of nitrogens with zero attached hydrogens (tertiary/aromatic N) is 1. The van der Waals surface area contributed by atoms with Gasteiger partial charge in [0.1, 0.15) is 5.75 Å². The van der Waals surface area contributed by atoms with E-state index < -0.39 is 0 Å². The number of hydrogen-bond donors (Lipinski definition) is 1. The second kappa shape index (κ2) is 7.37. The van der Waals surface area contributed by atoms with Crippen molar-refractivity contribution in [2.45, 2.75) is 0 Å². The number of aromatic hydroxyl groups is 1. The average Bonchev–Trinajstić information content (AvgIpc) is 2.91. The molecule has 5 aromatic carbocycles. The van der Waals surface area contributed by atoms with Crippen LogP contribution in [0.1, 0.15) is 27.0 Å². The van der Waals surface area contributed by atoms with Gasteiger partial charge >= 0.3 is 0 Å². The topological polar surface area (TPSA) is 41.2 Å². The van der Waals surface area contributed by atoms with Crippen molar-refractivity contribution in [2.24, 2.45) is 0 Å². The molecule has 3 heteroatoms. The summed E-state index contributed by atoms with van der Waals surface area (Å²) >= 11 is 0. The molecule has 1 aliphatic rings. The summed E-state index contributed by atoms with van der Waals surface area (Å²) in [6, 6.07) is 33.8. The zero-order chi connectivity index (χ0) is 23.5. The van der Waals surface area contributed by atoms with Crippen LogP contribution in [-0.4, -0.2) is 10.9 Å². The molecule has 7 rings (SSSR count). The zero-order valence-corrected chi connectivity index (χ0v) is 18.8. The highest BCUT2D eigenvalue weighted by molar-refractivity contribution is 6.19. The molecule has 0 saturated heterocycles. The Hall–Kier alpha value is -4.76. The van der Waals surface area contributed by atoms with E-state index in [9.17, 15) is 9.90 Å². The Morgan fingerprint density at radius 1 is 0.600 bits per heavy atom. The van der Waals surface area contributed by atoms with Gasteiger partial charge in [-0.1, -0.05) is 66.7 Å². The Labute approximate surface area is 201 Å². The molecule has 1 N–H and O–H groups in total. The van der Waals surface area contributed by atoms with Crippen molar-refractivity contribution in [3.05, 3.63) is 125 Å². The fourth-order valence-electron chi connectivity index (χ4n) is 5.41. The first-order valence-electron chi connectivity index (χ1n) is 11.6. The molecule has 3 nitrogen and oxygen atoms in total. The summed E-state index contributed by atoms with van der Waals surface area (Å²) in [6.45, 7) is 0. The predicted molar refractivity (Wildman–Crippen MR) is 141 cm³/mol. The average molecular weight is 451 g/mol. The fourth-order valence-corrected chi connectivity index (χ4v) is 5.41. The molecular formula is C32H20NO2+. The van der Waals surface area contributed by atoms with Gasteiger partial charge in [0.25, 0.3) is 0 Å². The summed E-state index contributed by atoms with van der Waals surface area (Å²) in [5.41, 5.74) is 6.07. The van der Waals surface area contributed by atoms with Gasteiger partial charge in [0, 0.05) is 23.3 Å². The Bertz CT molecular complexity index is 1880. The molecule has 0 radical (unpaired) electrons. The predicted octanol–water partition coefficient (Wildman–Crippen LogP) is 6.84. The third kappa shape index (κ3) is 2.79. The number of pyridine rings is 1. The number of carbonyl (C=O) groups is 1. The fraction of sp³-hybridized carbons (Fsp3) is 0. The zero-order valence-electron chi connectivity index (χ0n) is 18.8. The first kappa shape index (κ1) is 19.7. The van der Waals surface area contributed by atoms with Crippen LogP contribution in [0.3, 0.4) is 0 Å². The molecular weight excluding hydrogens is 430 g/mol.